The van der Waals surface area contributed by atoms with Gasteiger partial charge in [-0.25, -0.2) is 4.79 Å². The first-order chi connectivity index (χ1) is 6.66. The maximum absolute atomic E-state index is 10.7. The number of rotatable bonds is 1. The van der Waals surface area contributed by atoms with Crippen molar-refractivity contribution in [1.29, 1.82) is 0 Å². The van der Waals surface area contributed by atoms with Crippen LogP contribution in [-0.4, -0.2) is 28.9 Å². The van der Waals surface area contributed by atoms with E-state index in [1.54, 1.807) is 12.1 Å². The molecule has 0 aliphatic carbocycles. The van der Waals surface area contributed by atoms with Gasteiger partial charge >= 0.3 is 5.97 Å². The Kier molecular flexibility index (Phi) is 2.13. The minimum atomic E-state index is -0.965. The molecule has 74 valence electrons. The normalized spacial score (nSPS) is 19.6. The number of carboxylic acid groups (broad SMARTS) is 1. The van der Waals surface area contributed by atoms with Crippen LogP contribution in [0.2, 0.25) is 0 Å². The SMILES string of the molecule is O=C(O)c1ccc2c(c1)CC(O)CO2. The lowest BCUT2D eigenvalue weighted by atomic mass is 10.0. The van der Waals surface area contributed by atoms with E-state index >= 15 is 0 Å². The first-order valence-electron chi connectivity index (χ1n) is 4.34. The number of carboxylic acids is 1. The summed E-state index contributed by atoms with van der Waals surface area (Å²) in [5, 5.41) is 18.1. The summed E-state index contributed by atoms with van der Waals surface area (Å²) in [5.74, 6) is -0.298. The first kappa shape index (κ1) is 9.02. The Hall–Kier alpha value is -1.55. The molecule has 1 atom stereocenters. The maximum Gasteiger partial charge on any atom is 0.335 e. The molecular formula is C10H10O4. The molecule has 2 N–H and O–H groups in total. The zero-order valence-corrected chi connectivity index (χ0v) is 7.43. The van der Waals surface area contributed by atoms with Crippen LogP contribution in [0, 0.1) is 0 Å². The molecule has 14 heavy (non-hydrogen) atoms. The predicted octanol–water partition coefficient (Wildman–Crippen LogP) is 0.681. The maximum atomic E-state index is 10.7. The Morgan fingerprint density at radius 1 is 1.50 bits per heavy atom. The number of hydrogen-bond acceptors (Lipinski definition) is 3. The highest BCUT2D eigenvalue weighted by atomic mass is 16.5. The van der Waals surface area contributed by atoms with E-state index in [9.17, 15) is 9.90 Å². The molecule has 0 saturated carbocycles. The summed E-state index contributed by atoms with van der Waals surface area (Å²) >= 11 is 0. The Balaban J connectivity index is 2.37. The van der Waals surface area contributed by atoms with E-state index in [1.807, 2.05) is 0 Å². The van der Waals surface area contributed by atoms with Gasteiger partial charge in [0, 0.05) is 6.42 Å². The van der Waals surface area contributed by atoms with Crippen molar-refractivity contribution in [3.8, 4) is 5.75 Å². The van der Waals surface area contributed by atoms with Crippen molar-refractivity contribution in [2.75, 3.05) is 6.61 Å². The van der Waals surface area contributed by atoms with E-state index in [0.717, 1.165) is 5.56 Å². The molecule has 2 rings (SSSR count). The average Bonchev–Trinajstić information content (AvgIpc) is 2.16. The van der Waals surface area contributed by atoms with Crippen LogP contribution in [0.25, 0.3) is 0 Å². The van der Waals surface area contributed by atoms with Crippen LogP contribution in [0.3, 0.4) is 0 Å². The van der Waals surface area contributed by atoms with Crippen LogP contribution in [0.5, 0.6) is 5.75 Å². The summed E-state index contributed by atoms with van der Waals surface area (Å²) in [6.07, 6.45) is -0.0808. The number of hydrogen-bond donors (Lipinski definition) is 2. The fourth-order valence-electron chi connectivity index (χ4n) is 1.51. The standard InChI is InChI=1S/C10H10O4/c11-8-4-7-3-6(10(12)13)1-2-9(7)14-5-8/h1-3,8,11H,4-5H2,(H,12,13). The zero-order chi connectivity index (χ0) is 10.1. The molecule has 0 bridgehead atoms. The van der Waals surface area contributed by atoms with Crippen molar-refractivity contribution in [3.05, 3.63) is 29.3 Å². The lowest BCUT2D eigenvalue weighted by molar-refractivity contribution is 0.0694. The summed E-state index contributed by atoms with van der Waals surface area (Å²) in [7, 11) is 0. The second kappa shape index (κ2) is 3.31. The average molecular weight is 194 g/mol. The fourth-order valence-corrected chi connectivity index (χ4v) is 1.51. The van der Waals surface area contributed by atoms with Crippen LogP contribution in [0.15, 0.2) is 18.2 Å². The van der Waals surface area contributed by atoms with Gasteiger partial charge in [-0.15, -0.1) is 0 Å². The van der Waals surface area contributed by atoms with Gasteiger partial charge in [-0.05, 0) is 23.8 Å². The lowest BCUT2D eigenvalue weighted by Crippen LogP contribution is -2.25. The third kappa shape index (κ3) is 1.56. The van der Waals surface area contributed by atoms with Crippen LogP contribution >= 0.6 is 0 Å². The molecule has 0 spiro atoms. The highest BCUT2D eigenvalue weighted by Crippen LogP contribution is 2.25. The van der Waals surface area contributed by atoms with E-state index < -0.39 is 12.1 Å². The van der Waals surface area contributed by atoms with E-state index in [4.69, 9.17) is 9.84 Å². The van der Waals surface area contributed by atoms with Gasteiger partial charge in [0.05, 0.1) is 11.7 Å². The van der Waals surface area contributed by atoms with Crippen LogP contribution in [0.4, 0.5) is 0 Å². The number of fused-ring (bicyclic) bond motifs is 1. The topological polar surface area (TPSA) is 66.8 Å². The molecule has 1 heterocycles. The largest absolute Gasteiger partial charge is 0.491 e. The third-order valence-corrected chi connectivity index (χ3v) is 2.19. The van der Waals surface area contributed by atoms with Crippen molar-refractivity contribution >= 4 is 5.97 Å². The number of aromatic carboxylic acids is 1. The van der Waals surface area contributed by atoms with Gasteiger partial charge in [0.2, 0.25) is 0 Å². The Labute approximate surface area is 80.7 Å². The summed E-state index contributed by atoms with van der Waals surface area (Å²) < 4.78 is 5.23. The van der Waals surface area contributed by atoms with Gasteiger partial charge in [-0.3, -0.25) is 0 Å². The number of benzene rings is 1. The van der Waals surface area contributed by atoms with Crippen molar-refractivity contribution in [2.24, 2.45) is 0 Å². The summed E-state index contributed by atoms with van der Waals surface area (Å²) in [6, 6.07) is 4.67. The molecule has 0 radical (unpaired) electrons. The molecule has 4 nitrogen and oxygen atoms in total. The molecule has 0 aromatic heterocycles. The van der Waals surface area contributed by atoms with Crippen molar-refractivity contribution in [1.82, 2.24) is 0 Å². The minimum Gasteiger partial charge on any atom is -0.491 e. The molecule has 1 aliphatic heterocycles. The number of carbonyl (C=O) groups is 1. The Bertz CT molecular complexity index is 372. The highest BCUT2D eigenvalue weighted by Gasteiger charge is 2.18. The van der Waals surface area contributed by atoms with Gasteiger partial charge in [0.25, 0.3) is 0 Å². The van der Waals surface area contributed by atoms with Crippen LogP contribution in [0.1, 0.15) is 15.9 Å². The summed E-state index contributed by atoms with van der Waals surface area (Å²) in [4.78, 5) is 10.7. The monoisotopic (exact) mass is 194 g/mol. The first-order valence-corrected chi connectivity index (χ1v) is 4.34. The lowest BCUT2D eigenvalue weighted by Gasteiger charge is -2.21. The van der Waals surface area contributed by atoms with E-state index in [0.29, 0.717) is 12.2 Å². The third-order valence-electron chi connectivity index (χ3n) is 2.19. The quantitative estimate of drug-likeness (QED) is 0.689. The molecule has 0 fully saturated rings. The second-order valence-corrected chi connectivity index (χ2v) is 3.30. The van der Waals surface area contributed by atoms with Gasteiger partial charge < -0.3 is 14.9 Å². The molecule has 1 aliphatic rings. The molecule has 0 amide bonds. The molecule has 1 unspecified atom stereocenters. The zero-order valence-electron chi connectivity index (χ0n) is 7.43. The molecule has 1 aromatic carbocycles. The van der Waals surface area contributed by atoms with Gasteiger partial charge in [-0.2, -0.15) is 0 Å². The fraction of sp³-hybridized carbons (Fsp3) is 0.300. The summed E-state index contributed by atoms with van der Waals surface area (Å²) in [5.41, 5.74) is 0.977. The molecule has 4 heteroatoms. The smallest absolute Gasteiger partial charge is 0.335 e. The number of aliphatic hydroxyl groups excluding tert-OH is 1. The Morgan fingerprint density at radius 2 is 2.29 bits per heavy atom. The second-order valence-electron chi connectivity index (χ2n) is 3.30. The van der Waals surface area contributed by atoms with Crippen LogP contribution in [-0.2, 0) is 6.42 Å². The van der Waals surface area contributed by atoms with Gasteiger partial charge in [0.1, 0.15) is 12.4 Å². The van der Waals surface area contributed by atoms with Crippen molar-refractivity contribution < 1.29 is 19.7 Å². The minimum absolute atomic E-state index is 0.224. The van der Waals surface area contributed by atoms with E-state index in [1.165, 1.54) is 6.07 Å². The Morgan fingerprint density at radius 3 is 3.00 bits per heavy atom. The van der Waals surface area contributed by atoms with E-state index in [-0.39, 0.29) is 12.2 Å². The molecule has 1 aromatic rings. The van der Waals surface area contributed by atoms with Crippen LogP contribution < -0.4 is 4.74 Å². The highest BCUT2D eigenvalue weighted by molar-refractivity contribution is 5.88. The van der Waals surface area contributed by atoms with E-state index in [2.05, 4.69) is 0 Å². The van der Waals surface area contributed by atoms with Gasteiger partial charge in [0.15, 0.2) is 0 Å². The molecular weight excluding hydrogens is 184 g/mol. The number of aliphatic hydroxyl groups is 1. The van der Waals surface area contributed by atoms with Crippen molar-refractivity contribution in [2.45, 2.75) is 12.5 Å². The number of ether oxygens (including phenoxy) is 1. The van der Waals surface area contributed by atoms with Crippen molar-refractivity contribution in [3.63, 3.8) is 0 Å². The molecule has 0 saturated heterocycles. The summed E-state index contributed by atoms with van der Waals surface area (Å²) in [6.45, 7) is 0.277. The predicted molar refractivity (Wildman–Crippen MR) is 48.6 cm³/mol. The van der Waals surface area contributed by atoms with Gasteiger partial charge in [-0.1, -0.05) is 0 Å².